The van der Waals surface area contributed by atoms with Gasteiger partial charge in [0, 0.05) is 81.9 Å². The molecule has 47 heavy (non-hydrogen) atoms. The summed E-state index contributed by atoms with van der Waals surface area (Å²) in [6.07, 6.45) is 0.359. The number of benzene rings is 3. The molecule has 3 aromatic rings. The largest absolute Gasteiger partial charge is 0.392 e. The molecule has 0 aromatic heterocycles. The topological polar surface area (TPSA) is 167 Å². The third-order valence-corrected chi connectivity index (χ3v) is 8.55. The predicted octanol–water partition coefficient (Wildman–Crippen LogP) is 3.75. The molecule has 3 aromatic carbocycles. The highest BCUT2D eigenvalue weighted by Crippen LogP contribution is 2.38. The Bertz CT molecular complexity index is 1480. The van der Waals surface area contributed by atoms with Gasteiger partial charge in [-0.15, -0.1) is 0 Å². The quantitative estimate of drug-likeness (QED) is 0.122. The van der Waals surface area contributed by atoms with Crippen LogP contribution in [0.15, 0.2) is 72.8 Å². The Morgan fingerprint density at radius 3 is 2.13 bits per heavy atom. The number of anilines is 1. The molecule has 0 radical (unpaired) electrons. The molecule has 0 bridgehead atoms. The molecule has 0 saturated carbocycles. The molecule has 2 saturated heterocycles. The number of amides is 2. The fraction of sp³-hybridized carbons (Fsp3) is 0.412. The first-order chi connectivity index (χ1) is 22.8. The van der Waals surface area contributed by atoms with Crippen molar-refractivity contribution in [2.45, 2.75) is 57.3 Å². The van der Waals surface area contributed by atoms with E-state index in [1.165, 1.54) is 0 Å². The van der Waals surface area contributed by atoms with Gasteiger partial charge in [0.1, 0.15) is 0 Å². The van der Waals surface area contributed by atoms with Crippen molar-refractivity contribution < 1.29 is 34.3 Å². The Morgan fingerprint density at radius 2 is 1.49 bits per heavy atom. The first kappa shape index (κ1) is 33.9. The van der Waals surface area contributed by atoms with Gasteiger partial charge in [0.05, 0.1) is 23.7 Å². The Kier molecular flexibility index (Phi) is 11.9. The zero-order valence-electron chi connectivity index (χ0n) is 26.1. The molecule has 13 heteroatoms. The number of rotatable bonds is 13. The Labute approximate surface area is 273 Å². The Morgan fingerprint density at radius 1 is 0.851 bits per heavy atom. The monoisotopic (exact) mass is 647 g/mol. The SMILES string of the molecule is O=C(CCCC(=O)NCc1ccc([C@@H]2O[C@H](CN3CCN(c4ccc([N+](=O)[O-])cc4)CC3)C[C@H](c3ccc(CO)cc3)O2)cc1)NO. The van der Waals surface area contributed by atoms with Gasteiger partial charge in [0.2, 0.25) is 11.8 Å². The lowest BCUT2D eigenvalue weighted by molar-refractivity contribution is -0.384. The van der Waals surface area contributed by atoms with Crippen LogP contribution in [-0.4, -0.2) is 70.8 Å². The van der Waals surface area contributed by atoms with Gasteiger partial charge in [-0.05, 0) is 35.2 Å². The standard InChI is InChI=1S/C34H41N5O8/c40-23-25-6-8-26(9-7-25)31-20-30(22-37-16-18-38(19-17-37)28-12-14-29(15-13-28)39(44)45)46-34(47-31)27-10-4-24(5-11-27)21-35-32(41)2-1-3-33(42)36-43/h4-15,30-31,34,40,43H,1-3,16-23H2,(H,35,41)(H,36,42)/t30-,31+,34+/m0/s1. The van der Waals surface area contributed by atoms with Crippen LogP contribution >= 0.6 is 0 Å². The van der Waals surface area contributed by atoms with Crippen LogP contribution in [0.3, 0.4) is 0 Å². The summed E-state index contributed by atoms with van der Waals surface area (Å²) >= 11 is 0. The molecule has 2 aliphatic rings. The second-order valence-corrected chi connectivity index (χ2v) is 11.8. The van der Waals surface area contributed by atoms with Crippen LogP contribution in [0.25, 0.3) is 0 Å². The molecular weight excluding hydrogens is 606 g/mol. The van der Waals surface area contributed by atoms with Crippen molar-refractivity contribution in [2.24, 2.45) is 0 Å². The number of carbonyl (C=O) groups is 2. The number of non-ortho nitro benzene ring substituents is 1. The number of nitro benzene ring substituents is 1. The van der Waals surface area contributed by atoms with Gasteiger partial charge in [0.15, 0.2) is 6.29 Å². The molecule has 2 aliphatic heterocycles. The molecule has 2 heterocycles. The smallest absolute Gasteiger partial charge is 0.269 e. The highest BCUT2D eigenvalue weighted by molar-refractivity contribution is 5.78. The number of nitrogens with one attached hydrogen (secondary N) is 2. The van der Waals surface area contributed by atoms with Crippen LogP contribution in [-0.2, 0) is 32.2 Å². The second-order valence-electron chi connectivity index (χ2n) is 11.8. The summed E-state index contributed by atoms with van der Waals surface area (Å²) in [4.78, 5) is 38.5. The van der Waals surface area contributed by atoms with Crippen LogP contribution in [0.2, 0.25) is 0 Å². The van der Waals surface area contributed by atoms with E-state index in [0.717, 1.165) is 60.7 Å². The molecule has 0 spiro atoms. The van der Waals surface area contributed by atoms with E-state index < -0.39 is 12.2 Å². The third kappa shape index (κ3) is 9.56. The van der Waals surface area contributed by atoms with Gasteiger partial charge in [-0.2, -0.15) is 0 Å². The maximum absolute atomic E-state index is 12.1. The number of piperazine rings is 1. The van der Waals surface area contributed by atoms with Crippen molar-refractivity contribution in [3.63, 3.8) is 0 Å². The van der Waals surface area contributed by atoms with Crippen molar-refractivity contribution in [2.75, 3.05) is 37.6 Å². The minimum Gasteiger partial charge on any atom is -0.392 e. The van der Waals surface area contributed by atoms with E-state index in [0.29, 0.717) is 19.4 Å². The molecule has 0 aliphatic carbocycles. The van der Waals surface area contributed by atoms with E-state index in [-0.39, 0.29) is 48.2 Å². The number of aliphatic hydroxyl groups is 1. The second kappa shape index (κ2) is 16.4. The van der Waals surface area contributed by atoms with E-state index in [1.807, 2.05) is 48.5 Å². The van der Waals surface area contributed by atoms with Crippen molar-refractivity contribution in [1.29, 1.82) is 0 Å². The van der Waals surface area contributed by atoms with E-state index in [1.54, 1.807) is 29.7 Å². The van der Waals surface area contributed by atoms with Crippen LogP contribution in [0.4, 0.5) is 11.4 Å². The molecule has 5 rings (SSSR count). The molecule has 3 atom stereocenters. The van der Waals surface area contributed by atoms with E-state index in [2.05, 4.69) is 15.1 Å². The number of ether oxygens (including phenoxy) is 2. The minimum absolute atomic E-state index is 0.0281. The van der Waals surface area contributed by atoms with Crippen molar-refractivity contribution in [1.82, 2.24) is 15.7 Å². The maximum Gasteiger partial charge on any atom is 0.269 e. The zero-order valence-corrected chi connectivity index (χ0v) is 26.1. The van der Waals surface area contributed by atoms with Crippen LogP contribution in [0.1, 0.15) is 60.3 Å². The summed E-state index contributed by atoms with van der Waals surface area (Å²) in [7, 11) is 0. The molecule has 13 nitrogen and oxygen atoms in total. The van der Waals surface area contributed by atoms with Crippen molar-refractivity contribution in [3.05, 3.63) is 105 Å². The lowest BCUT2D eigenvalue weighted by Gasteiger charge is -2.41. The number of carbonyl (C=O) groups excluding carboxylic acids is 2. The number of aliphatic hydroxyl groups excluding tert-OH is 1. The number of nitrogens with zero attached hydrogens (tertiary/aromatic N) is 3. The van der Waals surface area contributed by atoms with Gasteiger partial charge < -0.3 is 24.8 Å². The van der Waals surface area contributed by atoms with Crippen molar-refractivity contribution >= 4 is 23.2 Å². The summed E-state index contributed by atoms with van der Waals surface area (Å²) in [5, 5.41) is 31.9. The van der Waals surface area contributed by atoms with Gasteiger partial charge in [-0.3, -0.25) is 29.8 Å². The summed E-state index contributed by atoms with van der Waals surface area (Å²) in [6.45, 7) is 4.29. The van der Waals surface area contributed by atoms with Crippen molar-refractivity contribution in [3.8, 4) is 0 Å². The number of hydrogen-bond donors (Lipinski definition) is 4. The normalized spacial score (nSPS) is 20.0. The molecule has 2 amide bonds. The molecule has 250 valence electrons. The minimum atomic E-state index is -0.598. The van der Waals surface area contributed by atoms with Gasteiger partial charge >= 0.3 is 0 Å². The highest BCUT2D eigenvalue weighted by atomic mass is 16.7. The average Bonchev–Trinajstić information content (AvgIpc) is 3.11. The number of hydrogen-bond acceptors (Lipinski definition) is 10. The maximum atomic E-state index is 12.1. The van der Waals surface area contributed by atoms with Crippen LogP contribution < -0.4 is 15.7 Å². The predicted molar refractivity (Wildman–Crippen MR) is 172 cm³/mol. The fourth-order valence-corrected chi connectivity index (χ4v) is 5.84. The number of nitro groups is 1. The van der Waals surface area contributed by atoms with E-state index in [9.17, 15) is 24.8 Å². The lowest BCUT2D eigenvalue weighted by Crippen LogP contribution is -2.49. The fourth-order valence-electron chi connectivity index (χ4n) is 5.84. The molecule has 2 fully saturated rings. The molecule has 0 unspecified atom stereocenters. The van der Waals surface area contributed by atoms with E-state index in [4.69, 9.17) is 14.7 Å². The first-order valence-electron chi connectivity index (χ1n) is 15.8. The van der Waals surface area contributed by atoms with Crippen LogP contribution in [0.5, 0.6) is 0 Å². The summed E-state index contributed by atoms with van der Waals surface area (Å²) in [5.41, 5.74) is 6.23. The van der Waals surface area contributed by atoms with Crippen LogP contribution in [0, 0.1) is 10.1 Å². The molecular formula is C34H41N5O8. The lowest BCUT2D eigenvalue weighted by atomic mass is 9.99. The summed E-state index contributed by atoms with van der Waals surface area (Å²) in [5.74, 6) is -0.695. The van der Waals surface area contributed by atoms with Gasteiger partial charge in [-0.1, -0.05) is 48.5 Å². The summed E-state index contributed by atoms with van der Waals surface area (Å²) < 4.78 is 13.0. The third-order valence-electron chi connectivity index (χ3n) is 8.55. The Balaban J connectivity index is 1.19. The highest BCUT2D eigenvalue weighted by Gasteiger charge is 2.34. The van der Waals surface area contributed by atoms with Gasteiger partial charge in [0.25, 0.3) is 5.69 Å². The average molecular weight is 648 g/mol. The van der Waals surface area contributed by atoms with E-state index >= 15 is 0 Å². The zero-order chi connectivity index (χ0) is 33.2. The first-order valence-corrected chi connectivity index (χ1v) is 15.8. The molecule has 4 N–H and O–H groups in total. The number of hydroxylamine groups is 1. The summed E-state index contributed by atoms with van der Waals surface area (Å²) in [6, 6.07) is 22.2. The Hall–Kier alpha value is -4.40. The van der Waals surface area contributed by atoms with Gasteiger partial charge in [-0.25, -0.2) is 5.48 Å².